The number of carbonyl (C=O) groups is 2. The van der Waals surface area contributed by atoms with Crippen LogP contribution in [-0.4, -0.2) is 23.1 Å². The minimum atomic E-state index is -0.659. The lowest BCUT2D eigenvalue weighted by atomic mass is 10.0. The van der Waals surface area contributed by atoms with Crippen molar-refractivity contribution in [2.24, 2.45) is 0 Å². The van der Waals surface area contributed by atoms with Crippen molar-refractivity contribution in [2.75, 3.05) is 0 Å². The molecule has 0 aliphatic rings. The summed E-state index contributed by atoms with van der Waals surface area (Å²) < 4.78 is 5.65. The number of esters is 1. The molecule has 0 radical (unpaired) electrons. The molecule has 0 aromatic heterocycles. The predicted octanol–water partition coefficient (Wildman–Crippen LogP) is 13.7. The van der Waals surface area contributed by atoms with Crippen LogP contribution in [0, 0.1) is 0 Å². The van der Waals surface area contributed by atoms with Crippen molar-refractivity contribution in [2.45, 2.75) is 245 Å². The number of carboxylic acids is 1. The summed E-state index contributed by atoms with van der Waals surface area (Å²) >= 11 is 0. The number of hydrogen-bond acceptors (Lipinski definition) is 3. The summed E-state index contributed by atoms with van der Waals surface area (Å²) in [6, 6.07) is 0. The van der Waals surface area contributed by atoms with E-state index in [0.29, 0.717) is 12.8 Å². The summed E-state index contributed by atoms with van der Waals surface area (Å²) in [6.45, 7) is 4.35. The molecule has 1 N–H and O–H groups in total. The molecule has 0 aromatic rings. The second-order valence-electron chi connectivity index (χ2n) is 13.9. The van der Waals surface area contributed by atoms with Crippen molar-refractivity contribution < 1.29 is 19.4 Å². The van der Waals surface area contributed by atoms with E-state index in [1.54, 1.807) is 0 Å². The maximum absolute atomic E-state index is 12.1. The van der Waals surface area contributed by atoms with Gasteiger partial charge < -0.3 is 9.84 Å². The first-order chi connectivity index (χ1) is 21.6. The molecule has 1 atom stereocenters. The van der Waals surface area contributed by atoms with Crippen LogP contribution in [0.25, 0.3) is 0 Å². The fraction of sp³-hybridized carbons (Fsp3) is 0.950. The van der Waals surface area contributed by atoms with E-state index < -0.39 is 5.97 Å². The lowest BCUT2D eigenvalue weighted by Crippen LogP contribution is -2.14. The van der Waals surface area contributed by atoms with Gasteiger partial charge in [0.05, 0.1) is 6.10 Å². The Morgan fingerprint density at radius 1 is 0.432 bits per heavy atom. The molecule has 262 valence electrons. The van der Waals surface area contributed by atoms with Gasteiger partial charge in [0.1, 0.15) is 0 Å². The molecule has 0 saturated heterocycles. The molecule has 0 amide bonds. The van der Waals surface area contributed by atoms with Crippen LogP contribution in [0.3, 0.4) is 0 Å². The third-order valence-corrected chi connectivity index (χ3v) is 9.32. The fourth-order valence-electron chi connectivity index (χ4n) is 6.34. The van der Waals surface area contributed by atoms with Crippen LogP contribution < -0.4 is 0 Å². The summed E-state index contributed by atoms with van der Waals surface area (Å²) in [5.74, 6) is -0.646. The molecule has 4 nitrogen and oxygen atoms in total. The Morgan fingerprint density at radius 2 is 0.705 bits per heavy atom. The first kappa shape index (κ1) is 42.9. The molecule has 0 saturated carbocycles. The number of hydrogen-bond donors (Lipinski definition) is 1. The molecule has 0 fully saturated rings. The van der Waals surface area contributed by atoms with Crippen LogP contribution in [0.5, 0.6) is 0 Å². The average Bonchev–Trinajstić information content (AvgIpc) is 3.00. The van der Waals surface area contributed by atoms with E-state index in [1.165, 1.54) is 186 Å². The largest absolute Gasteiger partial charge is 0.481 e. The van der Waals surface area contributed by atoms with Crippen molar-refractivity contribution >= 4 is 11.9 Å². The van der Waals surface area contributed by atoms with Gasteiger partial charge >= 0.3 is 11.9 Å². The molecule has 0 spiro atoms. The van der Waals surface area contributed by atoms with E-state index >= 15 is 0 Å². The summed E-state index contributed by atoms with van der Waals surface area (Å²) in [7, 11) is 0. The number of rotatable bonds is 37. The zero-order chi connectivity index (χ0) is 32.2. The van der Waals surface area contributed by atoms with Crippen LogP contribution in [-0.2, 0) is 14.3 Å². The smallest absolute Gasteiger partial charge is 0.306 e. The third kappa shape index (κ3) is 37.1. The van der Waals surface area contributed by atoms with Crippen LogP contribution >= 0.6 is 0 Å². The minimum Gasteiger partial charge on any atom is -0.481 e. The Hall–Kier alpha value is -1.06. The molecule has 1 unspecified atom stereocenters. The Labute approximate surface area is 275 Å². The first-order valence-corrected chi connectivity index (χ1v) is 20.0. The van der Waals surface area contributed by atoms with E-state index in [4.69, 9.17) is 9.84 Å². The number of carbonyl (C=O) groups excluding carboxylic acids is 1. The third-order valence-electron chi connectivity index (χ3n) is 9.32. The van der Waals surface area contributed by atoms with Gasteiger partial charge in [0.15, 0.2) is 0 Å². The van der Waals surface area contributed by atoms with Gasteiger partial charge in [-0.25, -0.2) is 0 Å². The zero-order valence-electron chi connectivity index (χ0n) is 30.0. The fourth-order valence-corrected chi connectivity index (χ4v) is 6.34. The minimum absolute atomic E-state index is 0.0128. The highest BCUT2D eigenvalue weighted by Gasteiger charge is 2.09. The highest BCUT2D eigenvalue weighted by atomic mass is 16.5. The molecule has 0 aromatic carbocycles. The molecule has 0 heterocycles. The van der Waals surface area contributed by atoms with Crippen molar-refractivity contribution in [3.63, 3.8) is 0 Å². The molecule has 44 heavy (non-hydrogen) atoms. The lowest BCUT2D eigenvalue weighted by molar-refractivity contribution is -0.148. The Morgan fingerprint density at radius 3 is 1.02 bits per heavy atom. The van der Waals surface area contributed by atoms with Gasteiger partial charge in [-0.1, -0.05) is 193 Å². The maximum atomic E-state index is 12.1. The molecule has 0 bridgehead atoms. The Balaban J connectivity index is 3.25. The molecule has 0 aliphatic carbocycles. The van der Waals surface area contributed by atoms with Gasteiger partial charge in [0, 0.05) is 12.8 Å². The highest BCUT2D eigenvalue weighted by Crippen LogP contribution is 2.17. The molecular formula is C40H78O4. The highest BCUT2D eigenvalue weighted by molar-refractivity contribution is 5.69. The monoisotopic (exact) mass is 623 g/mol. The lowest BCUT2D eigenvalue weighted by Gasteiger charge is -2.13. The molecule has 0 rings (SSSR count). The SMILES string of the molecule is CCCCCCCCCCCCCCCC(=O)OC(C)CCCCCCCCCCCCCCCCCCCCCC(=O)O. The molecule has 0 aliphatic heterocycles. The second kappa shape index (κ2) is 36.4. The van der Waals surface area contributed by atoms with Gasteiger partial charge in [-0.3, -0.25) is 9.59 Å². The van der Waals surface area contributed by atoms with Gasteiger partial charge in [-0.15, -0.1) is 0 Å². The van der Waals surface area contributed by atoms with Gasteiger partial charge in [-0.2, -0.15) is 0 Å². The molecular weight excluding hydrogens is 544 g/mol. The number of ether oxygens (including phenoxy) is 1. The van der Waals surface area contributed by atoms with Gasteiger partial charge in [0.25, 0.3) is 0 Å². The van der Waals surface area contributed by atoms with Crippen LogP contribution in [0.15, 0.2) is 0 Å². The normalized spacial score (nSPS) is 12.0. The summed E-state index contributed by atoms with van der Waals surface area (Å²) in [5, 5.41) is 8.64. The number of aliphatic carboxylic acids is 1. The number of carboxylic acid groups (broad SMARTS) is 1. The van der Waals surface area contributed by atoms with Crippen LogP contribution in [0.2, 0.25) is 0 Å². The summed E-state index contributed by atoms with van der Waals surface area (Å²) in [5.41, 5.74) is 0. The topological polar surface area (TPSA) is 63.6 Å². The van der Waals surface area contributed by atoms with Crippen molar-refractivity contribution in [1.82, 2.24) is 0 Å². The van der Waals surface area contributed by atoms with Gasteiger partial charge in [0.2, 0.25) is 0 Å². The quantitative estimate of drug-likeness (QED) is 0.0553. The predicted molar refractivity (Wildman–Crippen MR) is 190 cm³/mol. The zero-order valence-corrected chi connectivity index (χ0v) is 30.0. The van der Waals surface area contributed by atoms with E-state index in [9.17, 15) is 9.59 Å². The standard InChI is InChI=1S/C40H78O4/c1-3-4-5-6-7-8-9-17-22-25-28-31-34-37-40(43)44-38(2)35-32-29-26-23-20-18-15-13-11-10-12-14-16-19-21-24-27-30-33-36-39(41)42/h38H,3-37H2,1-2H3,(H,41,42). The maximum Gasteiger partial charge on any atom is 0.306 e. The van der Waals surface area contributed by atoms with E-state index in [1.807, 2.05) is 0 Å². The second-order valence-corrected chi connectivity index (χ2v) is 13.9. The first-order valence-electron chi connectivity index (χ1n) is 20.0. The van der Waals surface area contributed by atoms with E-state index in [-0.39, 0.29) is 12.1 Å². The van der Waals surface area contributed by atoms with Crippen molar-refractivity contribution in [3.05, 3.63) is 0 Å². The molecule has 4 heteroatoms. The van der Waals surface area contributed by atoms with E-state index in [2.05, 4.69) is 13.8 Å². The Bertz CT molecular complexity index is 590. The Kier molecular flexibility index (Phi) is 35.5. The average molecular weight is 623 g/mol. The van der Waals surface area contributed by atoms with Crippen LogP contribution in [0.4, 0.5) is 0 Å². The summed E-state index contributed by atoms with van der Waals surface area (Å²) in [6.07, 6.45) is 44.0. The van der Waals surface area contributed by atoms with Gasteiger partial charge in [-0.05, 0) is 32.6 Å². The van der Waals surface area contributed by atoms with E-state index in [0.717, 1.165) is 25.7 Å². The number of unbranched alkanes of at least 4 members (excludes halogenated alkanes) is 30. The van der Waals surface area contributed by atoms with Crippen molar-refractivity contribution in [1.29, 1.82) is 0 Å². The summed E-state index contributed by atoms with van der Waals surface area (Å²) in [4.78, 5) is 22.6. The van der Waals surface area contributed by atoms with Crippen molar-refractivity contribution in [3.8, 4) is 0 Å². The van der Waals surface area contributed by atoms with Crippen LogP contribution in [0.1, 0.15) is 239 Å².